The second-order valence-corrected chi connectivity index (χ2v) is 3.00. The first-order chi connectivity index (χ1) is 6.82. The second-order valence-electron chi connectivity index (χ2n) is 3.00. The number of rotatable bonds is 6. The third kappa shape index (κ3) is 3.70. The first-order valence-corrected chi connectivity index (χ1v) is 4.07. The van der Waals surface area contributed by atoms with E-state index < -0.39 is 43.1 Å². The Morgan fingerprint density at radius 3 is 1.73 bits per heavy atom. The Labute approximate surface area is 84.7 Å². The monoisotopic (exact) mass is 226 g/mol. The van der Waals surface area contributed by atoms with E-state index in [9.17, 15) is 4.79 Å². The van der Waals surface area contributed by atoms with Crippen molar-refractivity contribution < 1.29 is 40.5 Å². The van der Waals surface area contributed by atoms with Crippen LogP contribution >= 0.6 is 0 Å². The number of carboxylic acids is 1. The van der Waals surface area contributed by atoms with Gasteiger partial charge in [0.05, 0.1) is 6.61 Å². The van der Waals surface area contributed by atoms with Gasteiger partial charge >= 0.3 is 5.97 Å². The molecular formula is C7H14O8. The molecule has 0 spiro atoms. The van der Waals surface area contributed by atoms with Gasteiger partial charge in [-0.15, -0.1) is 0 Å². The zero-order valence-corrected chi connectivity index (χ0v) is 7.63. The number of aliphatic carboxylic acids is 1. The summed E-state index contributed by atoms with van der Waals surface area (Å²) in [5, 5.41) is 61.5. The fraction of sp³-hybridized carbons (Fsp3) is 0.857. The van der Waals surface area contributed by atoms with E-state index in [-0.39, 0.29) is 0 Å². The minimum Gasteiger partial charge on any atom is -0.479 e. The molecule has 0 bridgehead atoms. The normalized spacial score (nSPS) is 21.5. The molecule has 0 aromatic rings. The number of carbonyl (C=O) groups is 1. The lowest BCUT2D eigenvalue weighted by atomic mass is 9.99. The molecule has 0 aromatic carbocycles. The Hall–Kier alpha value is -0.770. The van der Waals surface area contributed by atoms with E-state index in [2.05, 4.69) is 0 Å². The maximum atomic E-state index is 10.2. The summed E-state index contributed by atoms with van der Waals surface area (Å²) >= 11 is 0. The Kier molecular flexibility index (Phi) is 5.65. The van der Waals surface area contributed by atoms with E-state index in [1.165, 1.54) is 0 Å². The summed E-state index contributed by atoms with van der Waals surface area (Å²) in [6, 6.07) is 0. The van der Waals surface area contributed by atoms with Crippen molar-refractivity contribution in [2.75, 3.05) is 6.61 Å². The lowest BCUT2D eigenvalue weighted by Crippen LogP contribution is -2.51. The highest BCUT2D eigenvalue weighted by atomic mass is 16.4. The molecule has 8 nitrogen and oxygen atoms in total. The Bertz CT molecular complexity index is 207. The molecule has 0 aliphatic heterocycles. The first kappa shape index (κ1) is 14.2. The van der Waals surface area contributed by atoms with Crippen molar-refractivity contribution in [1.82, 2.24) is 0 Å². The van der Waals surface area contributed by atoms with Gasteiger partial charge in [-0.2, -0.15) is 0 Å². The quantitative estimate of drug-likeness (QED) is 0.240. The standard InChI is InChI=1S/C7H14O8/c8-1-2(9)3(10)4(11)5(12)6(13)7(14)15/h2-6,8-13H,1H2,(H,14,15)/t2-,3+,4+,5-,6+/m1/s1. The van der Waals surface area contributed by atoms with Gasteiger partial charge in [0.1, 0.15) is 24.4 Å². The van der Waals surface area contributed by atoms with Gasteiger partial charge in [-0.3, -0.25) is 0 Å². The van der Waals surface area contributed by atoms with Gasteiger partial charge in [-0.1, -0.05) is 0 Å². The SMILES string of the molecule is O=C(O)[C@@H](O)[C@H](O)[C@@H](O)[C@@H](O)[C@H](O)CO. The third-order valence-electron chi connectivity index (χ3n) is 1.86. The Morgan fingerprint density at radius 1 is 0.933 bits per heavy atom. The first-order valence-electron chi connectivity index (χ1n) is 4.07. The fourth-order valence-corrected chi connectivity index (χ4v) is 0.870. The van der Waals surface area contributed by atoms with Crippen molar-refractivity contribution in [3.05, 3.63) is 0 Å². The van der Waals surface area contributed by atoms with E-state index in [4.69, 9.17) is 35.7 Å². The summed E-state index contributed by atoms with van der Waals surface area (Å²) in [5.74, 6) is -1.78. The predicted molar refractivity (Wildman–Crippen MR) is 44.8 cm³/mol. The zero-order valence-electron chi connectivity index (χ0n) is 7.63. The molecule has 0 rings (SSSR count). The second kappa shape index (κ2) is 5.95. The smallest absolute Gasteiger partial charge is 0.335 e. The van der Waals surface area contributed by atoms with Crippen LogP contribution in [0.5, 0.6) is 0 Å². The van der Waals surface area contributed by atoms with Crippen molar-refractivity contribution >= 4 is 5.97 Å². The van der Waals surface area contributed by atoms with Crippen LogP contribution in [0.1, 0.15) is 0 Å². The van der Waals surface area contributed by atoms with Gasteiger partial charge in [-0.25, -0.2) is 4.79 Å². The number of carboxylic acid groups (broad SMARTS) is 1. The fourth-order valence-electron chi connectivity index (χ4n) is 0.870. The minimum absolute atomic E-state index is 0.881. The molecule has 0 fully saturated rings. The lowest BCUT2D eigenvalue weighted by molar-refractivity contribution is -0.169. The molecule has 0 saturated heterocycles. The van der Waals surface area contributed by atoms with Crippen LogP contribution < -0.4 is 0 Å². The van der Waals surface area contributed by atoms with Crippen molar-refractivity contribution in [3.63, 3.8) is 0 Å². The van der Waals surface area contributed by atoms with Crippen LogP contribution in [0.4, 0.5) is 0 Å². The summed E-state index contributed by atoms with van der Waals surface area (Å²) in [6.45, 7) is -0.881. The van der Waals surface area contributed by atoms with E-state index in [0.29, 0.717) is 0 Å². The van der Waals surface area contributed by atoms with E-state index in [1.54, 1.807) is 0 Å². The van der Waals surface area contributed by atoms with Crippen molar-refractivity contribution in [1.29, 1.82) is 0 Å². The minimum atomic E-state index is -2.29. The van der Waals surface area contributed by atoms with Gasteiger partial charge < -0.3 is 35.7 Å². The highest BCUT2D eigenvalue weighted by Gasteiger charge is 2.36. The van der Waals surface area contributed by atoms with Crippen molar-refractivity contribution in [2.24, 2.45) is 0 Å². The molecule has 0 radical (unpaired) electrons. The van der Waals surface area contributed by atoms with E-state index in [1.807, 2.05) is 0 Å². The van der Waals surface area contributed by atoms with Crippen LogP contribution in [0.2, 0.25) is 0 Å². The van der Waals surface area contributed by atoms with Crippen molar-refractivity contribution in [3.8, 4) is 0 Å². The van der Waals surface area contributed by atoms with Crippen LogP contribution in [-0.4, -0.2) is 78.8 Å². The molecule has 0 heterocycles. The topological polar surface area (TPSA) is 159 Å². The molecular weight excluding hydrogens is 212 g/mol. The predicted octanol–water partition coefficient (Wildman–Crippen LogP) is -4.13. The molecule has 90 valence electrons. The van der Waals surface area contributed by atoms with Gasteiger partial charge in [0.2, 0.25) is 0 Å². The number of hydrogen-bond acceptors (Lipinski definition) is 7. The summed E-state index contributed by atoms with van der Waals surface area (Å²) in [6.07, 6.45) is -10.2. The number of aliphatic hydroxyl groups excluding tert-OH is 6. The average molecular weight is 226 g/mol. The van der Waals surface area contributed by atoms with Gasteiger partial charge in [0.15, 0.2) is 6.10 Å². The molecule has 0 saturated carbocycles. The van der Waals surface area contributed by atoms with E-state index >= 15 is 0 Å². The largest absolute Gasteiger partial charge is 0.479 e. The Balaban J connectivity index is 4.42. The average Bonchev–Trinajstić information content (AvgIpc) is 2.23. The summed E-state index contributed by atoms with van der Waals surface area (Å²) < 4.78 is 0. The van der Waals surface area contributed by atoms with Gasteiger partial charge in [-0.05, 0) is 0 Å². The van der Waals surface area contributed by atoms with Gasteiger partial charge in [0, 0.05) is 0 Å². The summed E-state index contributed by atoms with van der Waals surface area (Å²) in [7, 11) is 0. The van der Waals surface area contributed by atoms with Crippen LogP contribution in [0.25, 0.3) is 0 Å². The number of hydrogen-bond donors (Lipinski definition) is 7. The molecule has 15 heavy (non-hydrogen) atoms. The molecule has 5 atom stereocenters. The number of aliphatic hydroxyl groups is 6. The van der Waals surface area contributed by atoms with Crippen LogP contribution in [0.15, 0.2) is 0 Å². The van der Waals surface area contributed by atoms with Crippen LogP contribution in [-0.2, 0) is 4.79 Å². The highest BCUT2D eigenvalue weighted by Crippen LogP contribution is 2.08. The van der Waals surface area contributed by atoms with Crippen LogP contribution in [0, 0.1) is 0 Å². The maximum Gasteiger partial charge on any atom is 0.335 e. The molecule has 0 unspecified atom stereocenters. The molecule has 0 aliphatic carbocycles. The lowest BCUT2D eigenvalue weighted by Gasteiger charge is -2.26. The summed E-state index contributed by atoms with van der Waals surface area (Å²) in [4.78, 5) is 10.2. The van der Waals surface area contributed by atoms with Crippen molar-refractivity contribution in [2.45, 2.75) is 30.5 Å². The van der Waals surface area contributed by atoms with E-state index in [0.717, 1.165) is 0 Å². The summed E-state index contributed by atoms with van der Waals surface area (Å²) in [5.41, 5.74) is 0. The molecule has 0 aromatic heterocycles. The molecule has 7 N–H and O–H groups in total. The molecule has 0 aliphatic rings. The highest BCUT2D eigenvalue weighted by molar-refractivity contribution is 5.72. The molecule has 0 amide bonds. The maximum absolute atomic E-state index is 10.2. The van der Waals surface area contributed by atoms with Gasteiger partial charge in [0.25, 0.3) is 0 Å². The third-order valence-corrected chi connectivity index (χ3v) is 1.86. The Morgan fingerprint density at radius 2 is 1.40 bits per heavy atom. The zero-order chi connectivity index (χ0) is 12.2. The molecule has 8 heteroatoms. The van der Waals surface area contributed by atoms with Crippen LogP contribution in [0.3, 0.4) is 0 Å².